The molecule has 0 saturated carbocycles. The fraction of sp³-hybridized carbons (Fsp3) is 0.966. The topological polar surface area (TPSA) is 57.2 Å². The molecule has 1 atom stereocenters. The number of rotatable bonds is 17. The first-order valence-corrected chi connectivity index (χ1v) is 13.3. The van der Waals surface area contributed by atoms with Gasteiger partial charge in [0.15, 0.2) is 0 Å². The zero-order valence-electron chi connectivity index (χ0n) is 25.9. The van der Waals surface area contributed by atoms with Gasteiger partial charge in [0.2, 0.25) is 0 Å². The molecule has 6 nitrogen and oxygen atoms in total. The van der Waals surface area contributed by atoms with Gasteiger partial charge >= 0.3 is 5.97 Å². The minimum Gasteiger partial charge on any atom is -0.459 e. The Labute approximate surface area is 217 Å². The van der Waals surface area contributed by atoms with Crippen LogP contribution >= 0.6 is 0 Å². The van der Waals surface area contributed by atoms with Crippen LogP contribution in [0.2, 0.25) is 0 Å². The van der Waals surface area contributed by atoms with E-state index >= 15 is 0 Å². The molecule has 0 radical (unpaired) electrons. The first-order chi connectivity index (χ1) is 15.5. The van der Waals surface area contributed by atoms with Gasteiger partial charge in [-0.15, -0.1) is 0 Å². The van der Waals surface area contributed by atoms with Gasteiger partial charge in [-0.2, -0.15) is 0 Å². The molecule has 35 heavy (non-hydrogen) atoms. The molecule has 0 saturated heterocycles. The zero-order valence-corrected chi connectivity index (χ0v) is 25.9. The van der Waals surface area contributed by atoms with Crippen molar-refractivity contribution >= 4 is 5.97 Å². The van der Waals surface area contributed by atoms with Gasteiger partial charge in [-0.1, -0.05) is 27.7 Å². The molecule has 0 aliphatic heterocycles. The Hall–Kier alpha value is -0.690. The fourth-order valence-corrected chi connectivity index (χ4v) is 3.92. The second-order valence-corrected chi connectivity index (χ2v) is 13.7. The van der Waals surface area contributed by atoms with Gasteiger partial charge in [0.05, 0.1) is 36.6 Å². The van der Waals surface area contributed by atoms with Crippen molar-refractivity contribution in [2.45, 2.75) is 138 Å². The molecule has 0 bridgehead atoms. The Balaban J connectivity index is 4.94. The van der Waals surface area contributed by atoms with Crippen molar-refractivity contribution in [3.63, 3.8) is 0 Å². The van der Waals surface area contributed by atoms with E-state index in [1.165, 1.54) is 0 Å². The lowest BCUT2D eigenvalue weighted by atomic mass is 9.72. The van der Waals surface area contributed by atoms with Crippen molar-refractivity contribution < 1.29 is 23.7 Å². The van der Waals surface area contributed by atoms with Crippen LogP contribution < -0.4 is 0 Å². The van der Waals surface area contributed by atoms with Crippen molar-refractivity contribution in [2.24, 2.45) is 10.8 Å². The van der Waals surface area contributed by atoms with Crippen LogP contribution in [0.3, 0.4) is 0 Å². The summed E-state index contributed by atoms with van der Waals surface area (Å²) in [6.07, 6.45) is 2.75. The summed E-state index contributed by atoms with van der Waals surface area (Å²) in [5.74, 6) is -0.216. The highest BCUT2D eigenvalue weighted by molar-refractivity contribution is 5.72. The van der Waals surface area contributed by atoms with E-state index < -0.39 is 5.60 Å². The molecule has 0 aliphatic carbocycles. The molecular formula is C29H59NO5. The van der Waals surface area contributed by atoms with Crippen LogP contribution in [0.5, 0.6) is 0 Å². The molecule has 0 rings (SSSR count). The summed E-state index contributed by atoms with van der Waals surface area (Å²) in [6.45, 7) is 29.4. The molecule has 0 aromatic heterocycles. The van der Waals surface area contributed by atoms with Gasteiger partial charge in [0.25, 0.3) is 0 Å². The predicted molar refractivity (Wildman–Crippen MR) is 146 cm³/mol. The average molecular weight is 502 g/mol. The van der Waals surface area contributed by atoms with Crippen molar-refractivity contribution in [3.8, 4) is 0 Å². The second-order valence-electron chi connectivity index (χ2n) is 13.7. The lowest BCUT2D eigenvalue weighted by molar-refractivity contribution is -0.172. The molecule has 0 heterocycles. The van der Waals surface area contributed by atoms with Crippen LogP contribution in [0.15, 0.2) is 0 Å². The van der Waals surface area contributed by atoms with Gasteiger partial charge in [0.1, 0.15) is 5.60 Å². The highest BCUT2D eigenvalue weighted by Crippen LogP contribution is 2.42. The van der Waals surface area contributed by atoms with Gasteiger partial charge in [-0.25, -0.2) is 0 Å². The van der Waals surface area contributed by atoms with Gasteiger partial charge in [0, 0.05) is 13.0 Å². The molecule has 0 aromatic carbocycles. The largest absolute Gasteiger partial charge is 0.459 e. The van der Waals surface area contributed by atoms with Gasteiger partial charge < -0.3 is 18.9 Å². The summed E-state index contributed by atoms with van der Waals surface area (Å²) < 4.78 is 24.5. The molecule has 0 amide bonds. The number of esters is 1. The Morgan fingerprint density at radius 3 is 1.80 bits per heavy atom. The third-order valence-corrected chi connectivity index (χ3v) is 7.73. The van der Waals surface area contributed by atoms with Crippen LogP contribution in [-0.2, 0) is 23.7 Å². The summed E-state index contributed by atoms with van der Waals surface area (Å²) in [4.78, 5) is 13.9. The number of carbonyl (C=O) groups excluding carboxylic acids is 1. The Bertz CT molecular complexity index is 635. The minimum atomic E-state index is -0.571. The smallest absolute Gasteiger partial charge is 0.320 e. The van der Waals surface area contributed by atoms with E-state index in [1.807, 2.05) is 32.8 Å². The molecule has 6 heteroatoms. The fourth-order valence-electron chi connectivity index (χ4n) is 3.92. The van der Waals surface area contributed by atoms with Gasteiger partial charge in [-0.05, 0) is 100 Å². The number of nitrogens with zero attached hydrogens (tertiary/aromatic N) is 1. The van der Waals surface area contributed by atoms with Crippen molar-refractivity contribution in [3.05, 3.63) is 0 Å². The SMILES string of the molecule is CC(C)OCCC(C)(C)C(C)(C)OC(C)CC(C)(C)C(C)(C)OCCC(C)(C)OC(=O)CN(C)C. The first-order valence-electron chi connectivity index (χ1n) is 13.3. The summed E-state index contributed by atoms with van der Waals surface area (Å²) in [7, 11) is 3.71. The van der Waals surface area contributed by atoms with Crippen molar-refractivity contribution in [1.29, 1.82) is 0 Å². The highest BCUT2D eigenvalue weighted by atomic mass is 16.6. The minimum absolute atomic E-state index is 0.0259. The lowest BCUT2D eigenvalue weighted by Gasteiger charge is -2.47. The van der Waals surface area contributed by atoms with E-state index in [1.54, 1.807) is 0 Å². The first kappa shape index (κ1) is 34.3. The predicted octanol–water partition coefficient (Wildman–Crippen LogP) is 6.50. The average Bonchev–Trinajstić information content (AvgIpc) is 2.57. The van der Waals surface area contributed by atoms with E-state index in [9.17, 15) is 4.79 Å². The van der Waals surface area contributed by atoms with E-state index in [-0.39, 0.29) is 46.8 Å². The Kier molecular flexibility index (Phi) is 12.9. The normalized spacial score (nSPS) is 15.1. The third kappa shape index (κ3) is 12.4. The number of ether oxygens (including phenoxy) is 4. The summed E-state index contributed by atoms with van der Waals surface area (Å²) in [6, 6.07) is 0. The quantitative estimate of drug-likeness (QED) is 0.212. The van der Waals surface area contributed by atoms with E-state index in [2.05, 4.69) is 76.2 Å². The Morgan fingerprint density at radius 2 is 1.31 bits per heavy atom. The summed E-state index contributed by atoms with van der Waals surface area (Å²) in [5.41, 5.74) is -1.40. The molecule has 0 aliphatic rings. The van der Waals surface area contributed by atoms with Gasteiger partial charge in [-0.3, -0.25) is 9.69 Å². The monoisotopic (exact) mass is 501 g/mol. The molecule has 0 N–H and O–H groups in total. The van der Waals surface area contributed by atoms with Crippen molar-refractivity contribution in [1.82, 2.24) is 4.90 Å². The number of hydrogen-bond donors (Lipinski definition) is 0. The Morgan fingerprint density at radius 1 is 0.771 bits per heavy atom. The third-order valence-electron chi connectivity index (χ3n) is 7.73. The zero-order chi connectivity index (χ0) is 27.9. The second kappa shape index (κ2) is 13.2. The van der Waals surface area contributed by atoms with Crippen LogP contribution in [0.1, 0.15) is 109 Å². The molecule has 0 fully saturated rings. The number of hydrogen-bond acceptors (Lipinski definition) is 6. The maximum Gasteiger partial charge on any atom is 0.320 e. The van der Waals surface area contributed by atoms with E-state index in [4.69, 9.17) is 18.9 Å². The number of likely N-dealkylation sites (N-methyl/N-ethyl adjacent to an activating group) is 1. The standard InChI is InChI=1S/C29H59NO5/c1-22(2)32-18-16-25(4,5)29(12,13)34-23(3)20-26(6,7)28(10,11)33-19-17-27(8,9)35-24(31)21-30(14)15/h22-23H,16-21H2,1-15H3. The molecule has 1 unspecified atom stereocenters. The summed E-state index contributed by atoms with van der Waals surface area (Å²) >= 11 is 0. The molecule has 0 aromatic rings. The number of carbonyl (C=O) groups is 1. The molecule has 210 valence electrons. The van der Waals surface area contributed by atoms with Crippen LogP contribution in [0.25, 0.3) is 0 Å². The van der Waals surface area contributed by atoms with E-state index in [0.717, 1.165) is 19.4 Å². The summed E-state index contributed by atoms with van der Waals surface area (Å²) in [5, 5.41) is 0. The maximum absolute atomic E-state index is 12.1. The van der Waals surface area contributed by atoms with Crippen LogP contribution in [0, 0.1) is 10.8 Å². The van der Waals surface area contributed by atoms with E-state index in [0.29, 0.717) is 13.0 Å². The molecular weight excluding hydrogens is 442 g/mol. The maximum atomic E-state index is 12.1. The highest BCUT2D eigenvalue weighted by Gasteiger charge is 2.43. The van der Waals surface area contributed by atoms with Crippen LogP contribution in [0.4, 0.5) is 0 Å². The molecule has 0 spiro atoms. The lowest BCUT2D eigenvalue weighted by Crippen LogP contribution is -2.48. The van der Waals surface area contributed by atoms with Crippen LogP contribution in [-0.4, -0.2) is 73.7 Å². The van der Waals surface area contributed by atoms with Crippen molar-refractivity contribution in [2.75, 3.05) is 33.9 Å².